The molecule has 0 unspecified atom stereocenters. The second-order valence-corrected chi connectivity index (χ2v) is 7.34. The van der Waals surface area contributed by atoms with Gasteiger partial charge < -0.3 is 15.4 Å². The Bertz CT molecular complexity index is 1260. The first-order chi connectivity index (χ1) is 16.0. The van der Waals surface area contributed by atoms with Gasteiger partial charge in [0.25, 0.3) is 11.7 Å². The highest BCUT2D eigenvalue weighted by atomic mass is 16.5. The van der Waals surface area contributed by atoms with E-state index in [0.29, 0.717) is 29.0 Å². The van der Waals surface area contributed by atoms with Crippen molar-refractivity contribution >= 4 is 24.9 Å². The van der Waals surface area contributed by atoms with Crippen LogP contribution in [-0.4, -0.2) is 41.0 Å². The highest BCUT2D eigenvalue weighted by Gasteiger charge is 2.18. The molecule has 10 heteroatoms. The van der Waals surface area contributed by atoms with Crippen molar-refractivity contribution in [3.8, 4) is 17.3 Å². The lowest BCUT2D eigenvalue weighted by atomic mass is 9.97. The number of amides is 1. The normalized spacial score (nSPS) is 10.6. The maximum Gasteiger partial charge on any atom is 0.308 e. The molecule has 0 saturated heterocycles. The van der Waals surface area contributed by atoms with Crippen LogP contribution in [0, 0.1) is 0 Å². The molecular weight excluding hydrogens is 417 g/mol. The summed E-state index contributed by atoms with van der Waals surface area (Å²) in [6.07, 6.45) is 4.98. The molecule has 3 heterocycles. The molecule has 3 N–H and O–H groups in total. The van der Waals surface area contributed by atoms with Gasteiger partial charge in [-0.25, -0.2) is 9.55 Å². The van der Waals surface area contributed by atoms with Gasteiger partial charge in [-0.2, -0.15) is 0 Å². The Kier molecular flexibility index (Phi) is 6.63. The summed E-state index contributed by atoms with van der Waals surface area (Å²) in [6, 6.07) is 12.8. The van der Waals surface area contributed by atoms with Crippen LogP contribution in [0.3, 0.4) is 0 Å². The van der Waals surface area contributed by atoms with Gasteiger partial charge in [0, 0.05) is 47.0 Å². The van der Waals surface area contributed by atoms with Crippen molar-refractivity contribution in [2.45, 2.75) is 13.1 Å². The van der Waals surface area contributed by atoms with Crippen molar-refractivity contribution in [2.75, 3.05) is 12.4 Å². The number of pyridine rings is 2. The standard InChI is InChI=1S/C23H22BN7O2/c1-31-20(29-30-21(31)15-6-8-25-9-7-15)14-26-19-5-3-4-16(11-19)22(32)27-12-17-10-18(24)13-28-23(17)33-2/h3-11,13,26H,12,14H2,1-2H3,(H,27,32)/p+1. The van der Waals surface area contributed by atoms with E-state index in [-0.39, 0.29) is 12.5 Å². The highest BCUT2D eigenvalue weighted by Crippen LogP contribution is 2.15. The van der Waals surface area contributed by atoms with E-state index in [0.717, 1.165) is 22.9 Å². The number of H-pyrrole nitrogens is 1. The number of nitrogens with zero attached hydrogens (tertiary/aromatic N) is 4. The molecule has 4 aromatic rings. The lowest BCUT2D eigenvalue weighted by Gasteiger charge is -2.11. The van der Waals surface area contributed by atoms with Crippen LogP contribution in [0.1, 0.15) is 21.7 Å². The van der Waals surface area contributed by atoms with Gasteiger partial charge in [0.1, 0.15) is 14.4 Å². The van der Waals surface area contributed by atoms with Gasteiger partial charge in [0.2, 0.25) is 5.88 Å². The molecular formula is C23H23BN7O2+. The maximum atomic E-state index is 12.7. The molecule has 0 bridgehead atoms. The first-order valence-corrected chi connectivity index (χ1v) is 10.3. The van der Waals surface area contributed by atoms with Crippen LogP contribution < -0.4 is 25.4 Å². The van der Waals surface area contributed by atoms with Crippen molar-refractivity contribution in [1.29, 1.82) is 0 Å². The predicted molar refractivity (Wildman–Crippen MR) is 124 cm³/mol. The van der Waals surface area contributed by atoms with Gasteiger partial charge in [-0.3, -0.25) is 9.78 Å². The topological polar surface area (TPSA) is 109 Å². The molecule has 1 aromatic carbocycles. The van der Waals surface area contributed by atoms with Gasteiger partial charge in [-0.1, -0.05) is 17.6 Å². The second kappa shape index (κ2) is 9.95. The fourth-order valence-corrected chi connectivity index (χ4v) is 3.37. The van der Waals surface area contributed by atoms with Crippen molar-refractivity contribution < 1.29 is 14.1 Å². The molecule has 0 aliphatic carbocycles. The fourth-order valence-electron chi connectivity index (χ4n) is 3.37. The zero-order valence-corrected chi connectivity index (χ0v) is 18.4. The van der Waals surface area contributed by atoms with E-state index in [4.69, 9.17) is 12.6 Å². The Morgan fingerprint density at radius 3 is 2.79 bits per heavy atom. The minimum Gasteiger partial charge on any atom is -0.481 e. The number of benzene rings is 1. The first-order valence-electron chi connectivity index (χ1n) is 10.3. The molecule has 0 fully saturated rings. The third kappa shape index (κ3) is 5.17. The lowest BCUT2D eigenvalue weighted by Crippen LogP contribution is -2.34. The molecule has 0 atom stereocenters. The summed E-state index contributed by atoms with van der Waals surface area (Å²) < 4.78 is 7.21. The van der Waals surface area contributed by atoms with Crippen LogP contribution in [-0.2, 0) is 20.1 Å². The number of ether oxygens (including phenoxy) is 1. The van der Waals surface area contributed by atoms with Crippen LogP contribution in [0.5, 0.6) is 5.88 Å². The summed E-state index contributed by atoms with van der Waals surface area (Å²) in [6.45, 7) is 0.755. The zero-order valence-electron chi connectivity index (χ0n) is 18.4. The summed E-state index contributed by atoms with van der Waals surface area (Å²) in [5.41, 5.74) is 3.52. The Hall–Kier alpha value is -4.21. The molecule has 9 nitrogen and oxygen atoms in total. The van der Waals surface area contributed by atoms with Crippen molar-refractivity contribution in [1.82, 2.24) is 25.5 Å². The molecule has 33 heavy (non-hydrogen) atoms. The van der Waals surface area contributed by atoms with Crippen LogP contribution >= 0.6 is 0 Å². The third-order valence-corrected chi connectivity index (χ3v) is 5.12. The molecule has 1 amide bonds. The third-order valence-electron chi connectivity index (χ3n) is 5.12. The number of hydrogen-bond acceptors (Lipinski definition) is 6. The highest BCUT2D eigenvalue weighted by molar-refractivity contribution is 6.32. The van der Waals surface area contributed by atoms with Gasteiger partial charge in [0.15, 0.2) is 0 Å². The largest absolute Gasteiger partial charge is 0.481 e. The Balaban J connectivity index is 1.40. The number of methoxy groups -OCH3 is 1. The predicted octanol–water partition coefficient (Wildman–Crippen LogP) is 1.04. The monoisotopic (exact) mass is 440 g/mol. The second-order valence-electron chi connectivity index (χ2n) is 7.34. The molecule has 0 spiro atoms. The van der Waals surface area contributed by atoms with E-state index < -0.39 is 0 Å². The van der Waals surface area contributed by atoms with Crippen molar-refractivity contribution in [3.05, 3.63) is 78.0 Å². The van der Waals surface area contributed by atoms with E-state index in [1.165, 1.54) is 13.3 Å². The number of carbonyl (C=O) groups is 1. The minimum absolute atomic E-state index is 0.213. The SMILES string of the molecule is [B]c1cnc(OC)c(CNC(=O)c2cccc(NCc3[nH]nc(-c4ccncc4)[n+]3C)c2)c1. The number of nitrogens with one attached hydrogen (secondary N) is 3. The molecule has 3 aromatic heterocycles. The van der Waals surface area contributed by atoms with Crippen LogP contribution in [0.15, 0.2) is 61.1 Å². The molecule has 0 aliphatic rings. The lowest BCUT2D eigenvalue weighted by molar-refractivity contribution is -0.668. The molecule has 164 valence electrons. The number of aromatic nitrogens is 5. The van der Waals surface area contributed by atoms with Gasteiger partial charge in [-0.05, 0) is 30.3 Å². The Morgan fingerprint density at radius 1 is 1.18 bits per heavy atom. The van der Waals surface area contributed by atoms with Crippen molar-refractivity contribution in [2.24, 2.45) is 7.05 Å². The first kappa shape index (κ1) is 22.0. The van der Waals surface area contributed by atoms with Crippen LogP contribution in [0.2, 0.25) is 0 Å². The summed E-state index contributed by atoms with van der Waals surface area (Å²) >= 11 is 0. The zero-order chi connectivity index (χ0) is 23.2. The maximum absolute atomic E-state index is 12.7. The van der Waals surface area contributed by atoms with Crippen molar-refractivity contribution in [3.63, 3.8) is 0 Å². The smallest absolute Gasteiger partial charge is 0.308 e. The fraction of sp³-hybridized carbons (Fsp3) is 0.174. The average molecular weight is 440 g/mol. The molecule has 4 rings (SSSR count). The van der Waals surface area contributed by atoms with Gasteiger partial charge in [-0.15, -0.1) is 5.10 Å². The van der Waals surface area contributed by atoms with E-state index in [1.807, 2.05) is 35.9 Å². The van der Waals surface area contributed by atoms with E-state index >= 15 is 0 Å². The summed E-state index contributed by atoms with van der Waals surface area (Å²) in [5, 5.41) is 13.7. The van der Waals surface area contributed by atoms with Crippen LogP contribution in [0.4, 0.5) is 5.69 Å². The Labute approximate surface area is 192 Å². The Morgan fingerprint density at radius 2 is 2.00 bits per heavy atom. The number of carbonyl (C=O) groups excluding carboxylic acids is 1. The van der Waals surface area contributed by atoms with Gasteiger partial charge >= 0.3 is 5.82 Å². The summed E-state index contributed by atoms with van der Waals surface area (Å²) in [4.78, 5) is 20.8. The number of aromatic amines is 1. The van der Waals surface area contributed by atoms with E-state index in [1.54, 1.807) is 30.6 Å². The van der Waals surface area contributed by atoms with E-state index in [2.05, 4.69) is 30.8 Å². The minimum atomic E-state index is -0.213. The number of hydrogen-bond donors (Lipinski definition) is 3. The number of anilines is 1. The molecule has 0 aliphatic heterocycles. The summed E-state index contributed by atoms with van der Waals surface area (Å²) in [5.74, 6) is 1.92. The van der Waals surface area contributed by atoms with E-state index in [9.17, 15) is 4.79 Å². The quantitative estimate of drug-likeness (QED) is 0.279. The van der Waals surface area contributed by atoms with Crippen LogP contribution in [0.25, 0.3) is 11.4 Å². The summed E-state index contributed by atoms with van der Waals surface area (Å²) in [7, 11) is 9.27. The molecule has 2 radical (unpaired) electrons. The molecule has 0 saturated carbocycles. The average Bonchev–Trinajstić information content (AvgIpc) is 3.22. The van der Waals surface area contributed by atoms with Gasteiger partial charge in [0.05, 0.1) is 19.7 Å². The number of rotatable bonds is 8.